The number of alkyl halides is 4. The van der Waals surface area contributed by atoms with Gasteiger partial charge < -0.3 is 96.5 Å². The Morgan fingerprint density at radius 3 is 1.14 bits per heavy atom. The summed E-state index contributed by atoms with van der Waals surface area (Å²) in [5.74, 6) is 1.91. The number of hydrogen-bond donors (Lipinski definition) is 13. The van der Waals surface area contributed by atoms with E-state index in [1.807, 2.05) is 19.2 Å². The maximum atomic E-state index is 13.3. The number of rotatable bonds is 26. The van der Waals surface area contributed by atoms with Gasteiger partial charge in [-0.3, -0.25) is 38.4 Å². The molecule has 13 aromatic rings. The van der Waals surface area contributed by atoms with Gasteiger partial charge in [-0.1, -0.05) is 0 Å². The van der Waals surface area contributed by atoms with E-state index < -0.39 is 83.6 Å². The van der Waals surface area contributed by atoms with Crippen LogP contribution in [0.1, 0.15) is 169 Å². The van der Waals surface area contributed by atoms with Crippen molar-refractivity contribution in [1.29, 1.82) is 0 Å². The van der Waals surface area contributed by atoms with E-state index in [1.54, 1.807) is 141 Å². The molecule has 0 aromatic carbocycles. The number of carbonyl (C=O) groups excluding carboxylic acids is 4. The number of aryl methyl sites for hydroxylation is 1. The molecule has 134 heavy (non-hydrogen) atoms. The van der Waals surface area contributed by atoms with E-state index in [9.17, 15) is 61.0 Å². The fourth-order valence-electron chi connectivity index (χ4n) is 16.4. The van der Waals surface area contributed by atoms with Gasteiger partial charge in [0.2, 0.25) is 0 Å². The standard InChI is InChI=1S/C24H30FN7O3.C23H28FN7O3.C22H26FN7O3.C20H19FN8O3/c1-24(35-3)8-6-14(7-9-24)31-10-4-5-17(23(31)34)28-19-12-20(26-2)32-21(30-19)15(13-27-32)22(33)29-18-11-16(18)25;1-23(34)7-5-13(6-8-23)30-9-3-4-16(22(30)33)27-18-11-19(25-2)31-20(29-18)14(12-26-31)21(32)28-17-10-15(17)24;1-24-19-10-18(28-20-14(11-25-30(19)20)21(31)27-17-9-15(17)23)26-16-6-4-7-29(22(16)32)12-13-5-2-3-8-33-13;1-10-9-32-20(24-10)28-5-3-4-13(19(28)31)25-15-7-16(22-2)29-17(27-15)11(8-23-29)18(30)26-14-6-12(14)21/h4-5,10,12-14,16,18,26H,6-9,11H2,1-3H3,(H,28,30)(H,29,33);3-4,9,11-13,15,17,25,34H,5-8,10H2,1-2H3,(H,27,29)(H,28,32);4,6-7,10-11,13,15,17,24H,2-3,5,8-9,12H2,1H3,(H,26,28)(H,27,31);3-5,7-9,12,14,22H,6H2,1-2H3,(H,25,27)(H,26,30)/t14?,16-,18+,24?;13?,15-,17+,23?;13?,15-,17+;12-,14+/m1111/s1. The number of pyridine rings is 4. The van der Waals surface area contributed by atoms with Crippen LogP contribution in [-0.4, -0.2) is 218 Å². The number of nitrogens with zero attached hydrogens (tertiary/aromatic N) is 17. The first-order chi connectivity index (χ1) is 64.5. The normalized spacial score (nSPS) is 23.0. The lowest BCUT2D eigenvalue weighted by molar-refractivity contribution is -0.0325. The fraction of sp³-hybridized carbons (Fsp3) is 0.427. The molecule has 7 fully saturated rings. The van der Waals surface area contributed by atoms with Crippen LogP contribution in [0.4, 0.5) is 86.9 Å². The van der Waals surface area contributed by atoms with E-state index in [-0.39, 0.29) is 85.7 Å². The molecule has 0 bridgehead atoms. The Labute approximate surface area is 761 Å². The zero-order chi connectivity index (χ0) is 94.1. The summed E-state index contributed by atoms with van der Waals surface area (Å²) in [6.07, 6.45) is 20.4. The van der Waals surface area contributed by atoms with Crippen molar-refractivity contribution in [3.8, 4) is 6.01 Å². The summed E-state index contributed by atoms with van der Waals surface area (Å²) in [5.41, 5.74) is 2.27. The highest BCUT2D eigenvalue weighted by Crippen LogP contribution is 2.39. The van der Waals surface area contributed by atoms with E-state index in [4.69, 9.17) is 13.9 Å². The summed E-state index contributed by atoms with van der Waals surface area (Å²) >= 11 is 0. The molecule has 6 aliphatic carbocycles. The van der Waals surface area contributed by atoms with Crippen LogP contribution in [0.2, 0.25) is 0 Å². The van der Waals surface area contributed by atoms with Crippen LogP contribution in [0, 0.1) is 6.92 Å². The Morgan fingerprint density at radius 1 is 0.470 bits per heavy atom. The third kappa shape index (κ3) is 20.1. The predicted octanol–water partition coefficient (Wildman–Crippen LogP) is 9.31. The molecule has 6 saturated carbocycles. The second kappa shape index (κ2) is 38.3. The average Bonchev–Trinajstić information content (AvgIpc) is 1.68. The smallest absolute Gasteiger partial charge is 0.308 e. The summed E-state index contributed by atoms with van der Waals surface area (Å²) in [4.78, 5) is 125. The van der Waals surface area contributed by atoms with Crippen molar-refractivity contribution >= 4 is 116 Å². The van der Waals surface area contributed by atoms with Gasteiger partial charge in [0.05, 0.1) is 78.5 Å². The Morgan fingerprint density at radius 2 is 0.813 bits per heavy atom. The van der Waals surface area contributed by atoms with Crippen LogP contribution in [0.15, 0.2) is 152 Å². The minimum Gasteiger partial charge on any atom is -0.431 e. The third-order valence-corrected chi connectivity index (χ3v) is 24.8. The minimum atomic E-state index is -1.02. The average molecular weight is 1850 g/mol. The van der Waals surface area contributed by atoms with Crippen LogP contribution in [-0.2, 0) is 16.0 Å². The Kier molecular flexibility index (Phi) is 26.1. The molecular weight excluding hydrogens is 1740 g/mol. The molecule has 14 heterocycles. The van der Waals surface area contributed by atoms with Crippen molar-refractivity contribution in [2.24, 2.45) is 0 Å². The van der Waals surface area contributed by atoms with E-state index >= 15 is 0 Å². The van der Waals surface area contributed by atoms with Crippen molar-refractivity contribution in [3.05, 3.63) is 198 Å². The molecule has 9 atom stereocenters. The predicted molar refractivity (Wildman–Crippen MR) is 490 cm³/mol. The maximum Gasteiger partial charge on any atom is 0.308 e. The number of hydrogen-bond acceptors (Lipinski definition) is 29. The van der Waals surface area contributed by atoms with Crippen molar-refractivity contribution < 1.29 is 55.7 Å². The number of methoxy groups -OCH3 is 1. The molecule has 4 amide bonds. The molecule has 0 spiro atoms. The quantitative estimate of drug-likeness (QED) is 0.0224. The Balaban J connectivity index is 0.000000124. The van der Waals surface area contributed by atoms with Crippen molar-refractivity contribution in [2.75, 3.05) is 84.4 Å². The van der Waals surface area contributed by atoms with E-state index in [0.29, 0.717) is 126 Å². The van der Waals surface area contributed by atoms with E-state index in [1.165, 1.54) is 53.7 Å². The van der Waals surface area contributed by atoms with Gasteiger partial charge >= 0.3 is 6.01 Å². The highest BCUT2D eigenvalue weighted by molar-refractivity contribution is 6.03. The molecule has 1 unspecified atom stereocenters. The van der Waals surface area contributed by atoms with Crippen molar-refractivity contribution in [2.45, 2.75) is 202 Å². The summed E-state index contributed by atoms with van der Waals surface area (Å²) in [7, 11) is 8.59. The van der Waals surface area contributed by atoms with E-state index in [2.05, 4.69) is 116 Å². The zero-order valence-electron chi connectivity index (χ0n) is 74.5. The molecule has 20 rings (SSSR count). The van der Waals surface area contributed by atoms with Crippen molar-refractivity contribution in [3.63, 3.8) is 0 Å². The first kappa shape index (κ1) is 91.3. The molecule has 45 heteroatoms. The van der Waals surface area contributed by atoms with Gasteiger partial charge in [-0.2, -0.15) is 43.4 Å². The Bertz CT molecular complexity index is 6840. The molecule has 1 saturated heterocycles. The summed E-state index contributed by atoms with van der Waals surface area (Å²) < 4.78 is 82.0. The monoisotopic (exact) mass is 1850 g/mol. The van der Waals surface area contributed by atoms with Gasteiger partial charge in [-0.05, 0) is 140 Å². The van der Waals surface area contributed by atoms with Gasteiger partial charge in [0.1, 0.15) is 122 Å². The highest BCUT2D eigenvalue weighted by atomic mass is 19.1. The van der Waals surface area contributed by atoms with Crippen LogP contribution >= 0.6 is 0 Å². The van der Waals surface area contributed by atoms with Crippen molar-refractivity contribution in [1.82, 2.24) is 103 Å². The lowest BCUT2D eigenvalue weighted by Crippen LogP contribution is -2.36. The number of aromatic nitrogens is 17. The molecule has 7 aliphatic rings. The summed E-state index contributed by atoms with van der Waals surface area (Å²) in [6.45, 7) is 6.91. The summed E-state index contributed by atoms with van der Waals surface area (Å²) in [6, 6.07) is 18.9. The summed E-state index contributed by atoms with van der Waals surface area (Å²) in [5, 5.41) is 62.0. The first-order valence-electron chi connectivity index (χ1n) is 44.3. The fourth-order valence-corrected chi connectivity index (χ4v) is 16.4. The maximum absolute atomic E-state index is 13.3. The number of halogens is 4. The number of fused-ring (bicyclic) bond motifs is 4. The van der Waals surface area contributed by atoms with Gasteiger partial charge in [-0.25, -0.2) is 42.1 Å². The zero-order valence-corrected chi connectivity index (χ0v) is 74.5. The van der Waals surface area contributed by atoms with Gasteiger partial charge in [0.15, 0.2) is 22.6 Å². The number of amides is 4. The molecule has 41 nitrogen and oxygen atoms in total. The topological polar surface area (TPSA) is 486 Å². The Hall–Kier alpha value is -14.6. The number of nitrogens with one attached hydrogen (secondary N) is 12. The number of anilines is 12. The molecule has 13 aromatic heterocycles. The van der Waals surface area contributed by atoms with Crippen LogP contribution in [0.5, 0.6) is 0 Å². The second-order valence-corrected chi connectivity index (χ2v) is 34.7. The minimum absolute atomic E-state index is 0.0182. The molecule has 704 valence electrons. The molecule has 13 N–H and O–H groups in total. The number of aliphatic hydroxyl groups is 1. The number of ether oxygens (including phenoxy) is 2. The van der Waals surface area contributed by atoms with Gasteiger partial charge in [-0.15, -0.1) is 0 Å². The number of oxazole rings is 1. The van der Waals surface area contributed by atoms with Crippen LogP contribution in [0.25, 0.3) is 28.6 Å². The van der Waals surface area contributed by atoms with Gasteiger partial charge in [0, 0.05) is 129 Å². The molecular formula is C89H103F4N29O12. The van der Waals surface area contributed by atoms with E-state index in [0.717, 1.165) is 64.4 Å². The second-order valence-electron chi connectivity index (χ2n) is 34.7. The molecule has 1 aliphatic heterocycles. The molecule has 0 radical (unpaired) electrons. The first-order valence-corrected chi connectivity index (χ1v) is 44.3. The third-order valence-electron chi connectivity index (χ3n) is 24.8. The largest absolute Gasteiger partial charge is 0.431 e. The lowest BCUT2D eigenvalue weighted by atomic mass is 9.83. The highest BCUT2D eigenvalue weighted by Gasteiger charge is 2.43. The van der Waals surface area contributed by atoms with Crippen LogP contribution < -0.4 is 86.0 Å². The SMILES string of the molecule is CNc1cc(Nc2cccn(-c3nc(C)co3)c2=O)nc2c(C(=O)N[C@H]3C[C@H]3F)cnn12.CNc1cc(Nc2cccn(C3CCC(C)(O)CC3)c2=O)nc2c(C(=O)N[C@H]3C[C@H]3F)cnn12.CNc1cc(Nc2cccn(C3CCC(C)(OC)CC3)c2=O)nc2c(C(=O)N[C@H]3C[C@H]3F)cnn12.CNc1cc(Nc2cccn(CC3CCCCO3)c2=O)nc2c(C(=O)N[C@H]3C[C@H]3F)cnn12. The van der Waals surface area contributed by atoms with Crippen LogP contribution in [0.3, 0.4) is 0 Å². The van der Waals surface area contributed by atoms with Gasteiger partial charge in [0.25, 0.3) is 45.9 Å². The lowest BCUT2D eigenvalue weighted by Gasteiger charge is -2.36. The number of carbonyl (C=O) groups is 4.